The van der Waals surface area contributed by atoms with Crippen molar-refractivity contribution in [3.63, 3.8) is 0 Å². The first-order chi connectivity index (χ1) is 6.26. The van der Waals surface area contributed by atoms with Crippen LogP contribution in [0.1, 0.15) is 12.8 Å². The molecule has 6 heteroatoms. The number of nitrogens with one attached hydrogen (secondary N) is 2. The van der Waals surface area contributed by atoms with Crippen LogP contribution in [0.4, 0.5) is 4.79 Å². The lowest BCUT2D eigenvalue weighted by Crippen LogP contribution is -2.49. The third kappa shape index (κ3) is 3.53. The molecular weight excluding hydrogens is 184 g/mol. The van der Waals surface area contributed by atoms with Gasteiger partial charge < -0.3 is 15.2 Å². The zero-order chi connectivity index (χ0) is 9.68. The van der Waals surface area contributed by atoms with Crippen molar-refractivity contribution in [3.8, 4) is 0 Å². The summed E-state index contributed by atoms with van der Waals surface area (Å²) < 4.78 is 0. The molecule has 0 bridgehead atoms. The molecule has 1 saturated heterocycles. The number of piperidine rings is 1. The van der Waals surface area contributed by atoms with E-state index in [1.165, 1.54) is 0 Å². The van der Waals surface area contributed by atoms with Crippen LogP contribution in [-0.2, 0) is 0 Å². The van der Waals surface area contributed by atoms with Crippen molar-refractivity contribution in [1.29, 1.82) is 0 Å². The summed E-state index contributed by atoms with van der Waals surface area (Å²) in [6, 6.07) is 0.165. The molecule has 1 aliphatic rings. The minimum atomic E-state index is -0.118. The van der Waals surface area contributed by atoms with Crippen molar-refractivity contribution < 1.29 is 4.79 Å². The van der Waals surface area contributed by atoms with Gasteiger partial charge in [-0.1, -0.05) is 6.82 Å². The highest BCUT2D eigenvalue weighted by molar-refractivity contribution is 7.15. The van der Waals surface area contributed by atoms with E-state index in [0.29, 0.717) is 0 Å². The Labute approximate surface area is 82.3 Å². The average molecular weight is 200 g/mol. The number of hydrogen-bond acceptors (Lipinski definition) is 2. The molecule has 1 rings (SSSR count). The Morgan fingerprint density at radius 1 is 1.69 bits per heavy atom. The number of rotatable bonds is 2. The SMILES string of the molecule is C[B]N1CCCC(NC(=O)NP)C1. The number of amides is 2. The molecule has 2 N–H and O–H groups in total. The fourth-order valence-corrected chi connectivity index (χ4v) is 1.67. The number of nitrogens with zero attached hydrogens (tertiary/aromatic N) is 1. The first-order valence-corrected chi connectivity index (χ1v) is 5.14. The van der Waals surface area contributed by atoms with E-state index in [-0.39, 0.29) is 12.1 Å². The quantitative estimate of drug-likeness (QED) is 0.494. The van der Waals surface area contributed by atoms with Gasteiger partial charge in [0.1, 0.15) is 0 Å². The van der Waals surface area contributed by atoms with Gasteiger partial charge >= 0.3 is 6.03 Å². The Morgan fingerprint density at radius 2 is 2.46 bits per heavy atom. The van der Waals surface area contributed by atoms with Gasteiger partial charge in [-0.3, -0.25) is 0 Å². The maximum absolute atomic E-state index is 11.0. The van der Waals surface area contributed by atoms with Crippen molar-refractivity contribution in [2.24, 2.45) is 0 Å². The highest BCUT2D eigenvalue weighted by Crippen LogP contribution is 2.08. The minimum Gasteiger partial charge on any atom is -0.345 e. The Bertz CT molecular complexity index is 181. The highest BCUT2D eigenvalue weighted by atomic mass is 31.0. The molecule has 0 spiro atoms. The molecule has 2 unspecified atom stereocenters. The molecule has 73 valence electrons. The summed E-state index contributed by atoms with van der Waals surface area (Å²) in [6.45, 7) is 4.06. The molecule has 1 heterocycles. The maximum Gasteiger partial charge on any atom is 0.317 e. The van der Waals surface area contributed by atoms with Crippen LogP contribution in [0.25, 0.3) is 0 Å². The van der Waals surface area contributed by atoms with Gasteiger partial charge in [-0.2, -0.15) is 0 Å². The van der Waals surface area contributed by atoms with E-state index in [0.717, 1.165) is 25.9 Å². The molecular formula is C7H16BN3OP. The molecule has 1 aliphatic heterocycles. The minimum absolute atomic E-state index is 0.118. The van der Waals surface area contributed by atoms with Crippen molar-refractivity contribution in [3.05, 3.63) is 0 Å². The molecule has 1 radical (unpaired) electrons. The molecule has 13 heavy (non-hydrogen) atoms. The van der Waals surface area contributed by atoms with E-state index in [1.807, 2.05) is 6.82 Å². The van der Waals surface area contributed by atoms with E-state index in [2.05, 4.69) is 32.0 Å². The molecule has 1 fully saturated rings. The fraction of sp³-hybridized carbons (Fsp3) is 0.857. The summed E-state index contributed by atoms with van der Waals surface area (Å²) in [6.07, 6.45) is 2.22. The second kappa shape index (κ2) is 5.45. The van der Waals surface area contributed by atoms with E-state index >= 15 is 0 Å². The lowest BCUT2D eigenvalue weighted by Gasteiger charge is -2.32. The van der Waals surface area contributed by atoms with Crippen LogP contribution in [0, 0.1) is 0 Å². The smallest absolute Gasteiger partial charge is 0.317 e. The maximum atomic E-state index is 11.0. The van der Waals surface area contributed by atoms with E-state index in [1.54, 1.807) is 0 Å². The average Bonchev–Trinajstić information content (AvgIpc) is 2.18. The molecule has 0 saturated carbocycles. The summed E-state index contributed by atoms with van der Waals surface area (Å²) in [5.74, 6) is 0. The summed E-state index contributed by atoms with van der Waals surface area (Å²) in [5, 5.41) is 5.38. The second-order valence-corrected chi connectivity index (χ2v) is 3.50. The Kier molecular flexibility index (Phi) is 4.53. The second-order valence-electron chi connectivity index (χ2n) is 3.21. The van der Waals surface area contributed by atoms with Gasteiger partial charge in [-0.05, 0) is 28.8 Å². The van der Waals surface area contributed by atoms with Crippen LogP contribution < -0.4 is 10.4 Å². The molecule has 0 aromatic carbocycles. The monoisotopic (exact) mass is 200 g/mol. The van der Waals surface area contributed by atoms with Gasteiger partial charge in [0.05, 0.1) is 0 Å². The van der Waals surface area contributed by atoms with Crippen LogP contribution >= 0.6 is 9.39 Å². The third-order valence-corrected chi connectivity index (χ3v) is 2.55. The van der Waals surface area contributed by atoms with Crippen LogP contribution in [0.5, 0.6) is 0 Å². The highest BCUT2D eigenvalue weighted by Gasteiger charge is 2.19. The standard InChI is InChI=1S/C7H16BN3OP/c1-8-11-4-2-3-6(5-11)9-7(12)10-13/h6H,2-5,13H2,1H3,(H2,9,10,12). The zero-order valence-electron chi connectivity index (χ0n) is 7.92. The topological polar surface area (TPSA) is 44.4 Å². The van der Waals surface area contributed by atoms with Crippen LogP contribution in [0.2, 0.25) is 6.82 Å². The normalized spacial score (nSPS) is 23.7. The summed E-state index contributed by atoms with van der Waals surface area (Å²) in [5.41, 5.74) is 0. The van der Waals surface area contributed by atoms with Gasteiger partial charge in [-0.25, -0.2) is 4.79 Å². The molecule has 2 atom stereocenters. The lowest BCUT2D eigenvalue weighted by atomic mass is 9.90. The van der Waals surface area contributed by atoms with Crippen molar-refractivity contribution in [1.82, 2.24) is 15.2 Å². The van der Waals surface area contributed by atoms with Crippen molar-refractivity contribution in [2.45, 2.75) is 25.7 Å². The van der Waals surface area contributed by atoms with Gasteiger partial charge in [-0.15, -0.1) is 0 Å². The first kappa shape index (κ1) is 10.8. The predicted molar refractivity (Wildman–Crippen MR) is 57.6 cm³/mol. The van der Waals surface area contributed by atoms with Crippen LogP contribution in [0.3, 0.4) is 0 Å². The third-order valence-electron chi connectivity index (χ3n) is 2.28. The number of carbonyl (C=O) groups is 1. The number of hydrogen-bond donors (Lipinski definition) is 2. The van der Waals surface area contributed by atoms with E-state index < -0.39 is 0 Å². The number of urea groups is 1. The molecule has 0 aliphatic carbocycles. The van der Waals surface area contributed by atoms with Gasteiger partial charge in [0.15, 0.2) is 0 Å². The Morgan fingerprint density at radius 3 is 3.08 bits per heavy atom. The lowest BCUT2D eigenvalue weighted by molar-refractivity contribution is 0.231. The number of carbonyl (C=O) groups excluding carboxylic acids is 1. The summed E-state index contributed by atoms with van der Waals surface area (Å²) in [7, 11) is 4.27. The molecule has 2 amide bonds. The molecule has 0 aromatic heterocycles. The van der Waals surface area contributed by atoms with Gasteiger partial charge in [0.25, 0.3) is 0 Å². The molecule has 0 aromatic rings. The van der Waals surface area contributed by atoms with Crippen molar-refractivity contribution >= 4 is 22.8 Å². The van der Waals surface area contributed by atoms with Crippen LogP contribution in [0.15, 0.2) is 0 Å². The van der Waals surface area contributed by atoms with Gasteiger partial charge in [0, 0.05) is 12.6 Å². The molecule has 4 nitrogen and oxygen atoms in total. The Hall–Kier alpha value is -0.275. The van der Waals surface area contributed by atoms with Crippen LogP contribution in [-0.4, -0.2) is 37.4 Å². The Balaban J connectivity index is 2.29. The summed E-state index contributed by atoms with van der Waals surface area (Å²) >= 11 is 0. The summed E-state index contributed by atoms with van der Waals surface area (Å²) in [4.78, 5) is 13.2. The first-order valence-electron chi connectivity index (χ1n) is 4.57. The van der Waals surface area contributed by atoms with E-state index in [9.17, 15) is 4.79 Å². The van der Waals surface area contributed by atoms with Gasteiger partial charge in [0.2, 0.25) is 7.41 Å². The largest absolute Gasteiger partial charge is 0.345 e. The van der Waals surface area contributed by atoms with E-state index in [4.69, 9.17) is 0 Å². The predicted octanol–water partition coefficient (Wildman–Crippen LogP) is 0.207. The fourth-order valence-electron chi connectivity index (χ4n) is 1.59. The zero-order valence-corrected chi connectivity index (χ0v) is 9.07. The van der Waals surface area contributed by atoms with Crippen molar-refractivity contribution in [2.75, 3.05) is 13.1 Å².